The van der Waals surface area contributed by atoms with Gasteiger partial charge in [0, 0.05) is 146 Å². The normalized spacial score (nSPS) is 20.7. The molecule has 0 amide bonds. The smallest absolute Gasteiger partial charge is 0.263 e. The third kappa shape index (κ3) is 8.89. The highest BCUT2D eigenvalue weighted by Gasteiger charge is 2.29. The number of aromatic hydroxyl groups is 1. The maximum atomic E-state index is 14.7. The van der Waals surface area contributed by atoms with Crippen LogP contribution in [0.1, 0.15) is 12.8 Å². The molecule has 58 heavy (non-hydrogen) atoms. The van der Waals surface area contributed by atoms with Gasteiger partial charge in [-0.3, -0.25) is 48.1 Å². The first-order valence-corrected chi connectivity index (χ1v) is 21.5. The van der Waals surface area contributed by atoms with Crippen molar-refractivity contribution in [3.8, 4) is 17.0 Å². The minimum absolute atomic E-state index is 0.151. The van der Waals surface area contributed by atoms with Crippen LogP contribution in [-0.2, 0) is 22.6 Å². The number of hydrogen-bond acceptors (Lipinski definition) is 14. The molecule has 0 unspecified atom stereocenters. The van der Waals surface area contributed by atoms with Crippen LogP contribution in [0.5, 0.6) is 5.88 Å². The molecule has 16 heteroatoms. The maximum absolute atomic E-state index is 14.7. The van der Waals surface area contributed by atoms with E-state index in [0.29, 0.717) is 103 Å². The van der Waals surface area contributed by atoms with Crippen molar-refractivity contribution in [2.24, 2.45) is 4.99 Å². The molecule has 4 saturated heterocycles. The number of likely N-dealkylation sites (N-methyl/N-ethyl adjacent to an activating group) is 2. The average molecular weight is 803 g/mol. The summed E-state index contributed by atoms with van der Waals surface area (Å²) >= 11 is 0. The van der Waals surface area contributed by atoms with Crippen LogP contribution in [0.3, 0.4) is 0 Å². The molecule has 1 aliphatic carbocycles. The van der Waals surface area contributed by atoms with Crippen LogP contribution < -0.4 is 27.4 Å². The van der Waals surface area contributed by atoms with Gasteiger partial charge in [-0.15, -0.1) is 0 Å². The van der Waals surface area contributed by atoms with E-state index >= 15 is 0 Å². The number of aromatic nitrogens is 2. The molecule has 2 aromatic rings. The third-order valence-electron chi connectivity index (χ3n) is 12.8. The van der Waals surface area contributed by atoms with Gasteiger partial charge in [-0.25, -0.2) is 0 Å². The summed E-state index contributed by atoms with van der Waals surface area (Å²) in [5.74, 6) is -0.151. The van der Waals surface area contributed by atoms with Crippen LogP contribution in [0.2, 0.25) is 0 Å². The average Bonchev–Trinajstić information content (AvgIpc) is 3.24. The molecule has 16 nitrogen and oxygen atoms in total. The SMILES string of the molecule is CN1CCN(CCN=c2cc3c(=O)n(CCCN4CCOCC4)c(=O)c4c(NCCN5CCN(C)CC5)cc5c(O)n(CCCN6CCOCC6)c(=O)c2c5c4-3)CC1. The fourth-order valence-electron chi connectivity index (χ4n) is 9.19. The Kier molecular flexibility index (Phi) is 13.2. The van der Waals surface area contributed by atoms with Crippen molar-refractivity contribution in [1.29, 1.82) is 0 Å². The van der Waals surface area contributed by atoms with Crippen molar-refractivity contribution in [3.05, 3.63) is 48.6 Å². The van der Waals surface area contributed by atoms with E-state index in [1.54, 1.807) is 6.07 Å². The Morgan fingerprint density at radius 1 is 0.603 bits per heavy atom. The molecule has 1 aromatic carbocycles. The Labute approximate surface area is 339 Å². The van der Waals surface area contributed by atoms with E-state index in [9.17, 15) is 19.5 Å². The molecule has 1 aromatic heterocycles. The molecule has 0 radical (unpaired) electrons. The first-order valence-electron chi connectivity index (χ1n) is 21.5. The summed E-state index contributed by atoms with van der Waals surface area (Å²) in [4.78, 5) is 63.2. The fourth-order valence-corrected chi connectivity index (χ4v) is 9.19. The second kappa shape index (κ2) is 18.7. The zero-order valence-electron chi connectivity index (χ0n) is 34.6. The first-order chi connectivity index (χ1) is 28.3. The van der Waals surface area contributed by atoms with E-state index in [1.807, 2.05) is 6.07 Å². The maximum Gasteiger partial charge on any atom is 0.263 e. The Bertz CT molecular complexity index is 2200. The van der Waals surface area contributed by atoms with Gasteiger partial charge in [0.15, 0.2) is 0 Å². The zero-order valence-corrected chi connectivity index (χ0v) is 34.6. The largest absolute Gasteiger partial charge is 0.494 e. The standard InChI is InChI=1S/C42H62N10O6/c1-45-13-17-49(18-14-45)11-5-43-33-29-31-36-35-32(40(54)51(41(55)37(33)35)9-3-7-47-21-25-57-26-22-47)30-34(44-6-12-50-19-15-46(2)16-20-50)38(36)42(56)52(39(31)53)10-4-8-48-23-27-58-28-24-48/h29-30,43,53H,3-28H2,1-2H3. The van der Waals surface area contributed by atoms with Gasteiger partial charge in [-0.05, 0) is 39.1 Å². The molecule has 6 aliphatic rings. The summed E-state index contributed by atoms with van der Waals surface area (Å²) in [5.41, 5.74) is 0.226. The summed E-state index contributed by atoms with van der Waals surface area (Å²) in [6.07, 6.45) is 1.29. The molecular formula is C42H62N10O6. The van der Waals surface area contributed by atoms with Gasteiger partial charge < -0.3 is 29.7 Å². The zero-order chi connectivity index (χ0) is 40.2. The molecule has 0 atom stereocenters. The van der Waals surface area contributed by atoms with Gasteiger partial charge in [-0.2, -0.15) is 0 Å². The number of hydrogen-bond donors (Lipinski definition) is 2. The van der Waals surface area contributed by atoms with Gasteiger partial charge in [0.05, 0.1) is 54.7 Å². The topological polar surface area (TPSA) is 144 Å². The second-order valence-electron chi connectivity index (χ2n) is 16.7. The molecule has 6 heterocycles. The molecule has 316 valence electrons. The molecule has 0 spiro atoms. The van der Waals surface area contributed by atoms with Gasteiger partial charge in [0.25, 0.3) is 16.7 Å². The molecule has 2 N–H and O–H groups in total. The lowest BCUT2D eigenvalue weighted by Gasteiger charge is -2.32. The number of nitrogens with zero attached hydrogens (tertiary/aromatic N) is 9. The van der Waals surface area contributed by atoms with Crippen LogP contribution in [0, 0.1) is 0 Å². The number of benzene rings is 2. The minimum Gasteiger partial charge on any atom is -0.494 e. The van der Waals surface area contributed by atoms with Crippen molar-refractivity contribution in [2.45, 2.75) is 25.9 Å². The molecule has 5 aliphatic heterocycles. The van der Waals surface area contributed by atoms with Crippen molar-refractivity contribution < 1.29 is 14.6 Å². The van der Waals surface area contributed by atoms with E-state index in [-0.39, 0.29) is 29.1 Å². The van der Waals surface area contributed by atoms with E-state index in [4.69, 9.17) is 14.5 Å². The predicted molar refractivity (Wildman–Crippen MR) is 227 cm³/mol. The molecule has 4 fully saturated rings. The Morgan fingerprint density at radius 3 is 1.74 bits per heavy atom. The lowest BCUT2D eigenvalue weighted by atomic mass is 9.89. The molecule has 8 rings (SSSR count). The summed E-state index contributed by atoms with van der Waals surface area (Å²) in [7, 11) is 4.27. The van der Waals surface area contributed by atoms with E-state index in [2.05, 4.69) is 48.8 Å². The predicted octanol–water partition coefficient (Wildman–Crippen LogP) is -0.385. The number of nitrogens with one attached hydrogen (secondary N) is 1. The molecule has 0 saturated carbocycles. The highest BCUT2D eigenvalue weighted by Crippen LogP contribution is 2.40. The molecular weight excluding hydrogens is 741 g/mol. The highest BCUT2D eigenvalue weighted by atomic mass is 16.5. The summed E-state index contributed by atoms with van der Waals surface area (Å²) in [6.45, 7) is 18.5. The Hall–Kier alpha value is -3.74. The van der Waals surface area contributed by atoms with Crippen LogP contribution in [0.15, 0.2) is 31.5 Å². The van der Waals surface area contributed by atoms with E-state index in [0.717, 1.165) is 105 Å². The van der Waals surface area contributed by atoms with Crippen LogP contribution in [0.25, 0.3) is 32.7 Å². The van der Waals surface area contributed by atoms with Crippen molar-refractivity contribution in [2.75, 3.05) is 164 Å². The summed E-state index contributed by atoms with van der Waals surface area (Å²) < 4.78 is 13.9. The Morgan fingerprint density at radius 2 is 1.14 bits per heavy atom. The van der Waals surface area contributed by atoms with Crippen molar-refractivity contribution in [3.63, 3.8) is 0 Å². The first kappa shape index (κ1) is 41.0. The lowest BCUT2D eigenvalue weighted by Crippen LogP contribution is -2.45. The van der Waals surface area contributed by atoms with Crippen LogP contribution in [-0.4, -0.2) is 202 Å². The summed E-state index contributed by atoms with van der Waals surface area (Å²) in [6, 6.07) is 3.58. The number of anilines is 1. The van der Waals surface area contributed by atoms with Gasteiger partial charge >= 0.3 is 0 Å². The highest BCUT2D eigenvalue weighted by molar-refractivity contribution is 6.18. The van der Waals surface area contributed by atoms with Crippen LogP contribution >= 0.6 is 0 Å². The summed E-state index contributed by atoms with van der Waals surface area (Å²) in [5, 5.41) is 17.7. The van der Waals surface area contributed by atoms with Gasteiger partial charge in [0.2, 0.25) is 5.88 Å². The van der Waals surface area contributed by atoms with Crippen molar-refractivity contribution >= 4 is 27.2 Å². The minimum atomic E-state index is -0.387. The lowest BCUT2D eigenvalue weighted by molar-refractivity contribution is 0.0368. The Balaban J connectivity index is 1.24. The third-order valence-corrected chi connectivity index (χ3v) is 12.8. The van der Waals surface area contributed by atoms with Gasteiger partial charge in [0.1, 0.15) is 0 Å². The number of ether oxygens (including phenoxy) is 2. The van der Waals surface area contributed by atoms with Crippen LogP contribution in [0.4, 0.5) is 5.69 Å². The molecule has 0 bridgehead atoms. The quantitative estimate of drug-likeness (QED) is 0.151. The fraction of sp³-hybridized carbons (Fsp3) is 0.667. The number of morpholine rings is 2. The van der Waals surface area contributed by atoms with Crippen molar-refractivity contribution in [1.82, 2.24) is 38.5 Å². The monoisotopic (exact) mass is 802 g/mol. The van der Waals surface area contributed by atoms with Gasteiger partial charge in [-0.1, -0.05) is 0 Å². The second-order valence-corrected chi connectivity index (χ2v) is 16.7. The van der Waals surface area contributed by atoms with E-state index in [1.165, 1.54) is 9.13 Å². The number of rotatable bonds is 15. The van der Waals surface area contributed by atoms with E-state index < -0.39 is 0 Å². The number of piperazine rings is 2. The number of pyridine rings is 2.